The number of aryl methyl sites for hydroxylation is 1. The fourth-order valence-corrected chi connectivity index (χ4v) is 2.71. The number of rotatable bonds is 5. The van der Waals surface area contributed by atoms with Crippen LogP contribution in [0.3, 0.4) is 0 Å². The average molecular weight is 273 g/mol. The Bertz CT molecular complexity index is 555. The zero-order chi connectivity index (χ0) is 13.7. The lowest BCUT2D eigenvalue weighted by Crippen LogP contribution is -2.05. The quantitative estimate of drug-likeness (QED) is 0.833. The Hall–Kier alpha value is -1.55. The fraction of sp³-hybridized carbons (Fsp3) is 0.333. The van der Waals surface area contributed by atoms with Crippen molar-refractivity contribution in [3.63, 3.8) is 0 Å². The lowest BCUT2D eigenvalue weighted by Gasteiger charge is -2.10. The van der Waals surface area contributed by atoms with Gasteiger partial charge in [0.25, 0.3) is 0 Å². The molecule has 0 aliphatic carbocycles. The molecule has 0 fully saturated rings. The Morgan fingerprint density at radius 2 is 2.05 bits per heavy atom. The van der Waals surface area contributed by atoms with E-state index in [9.17, 15) is 0 Å². The number of hydrogen-bond donors (Lipinski definition) is 1. The van der Waals surface area contributed by atoms with Crippen molar-refractivity contribution >= 4 is 17.6 Å². The smallest absolute Gasteiger partial charge is 0.133 e. The topological polar surface area (TPSA) is 37.8 Å². The molecule has 0 bridgehead atoms. The Labute approximate surface area is 118 Å². The van der Waals surface area contributed by atoms with Crippen molar-refractivity contribution < 1.29 is 0 Å². The van der Waals surface area contributed by atoms with Crippen LogP contribution in [0.4, 0.5) is 5.82 Å². The van der Waals surface area contributed by atoms with Crippen LogP contribution in [-0.4, -0.2) is 16.5 Å². The van der Waals surface area contributed by atoms with Crippen molar-refractivity contribution in [1.29, 1.82) is 0 Å². The minimum Gasteiger partial charge on any atom is -0.370 e. The van der Waals surface area contributed by atoms with Gasteiger partial charge in [-0.25, -0.2) is 9.97 Å². The molecule has 19 heavy (non-hydrogen) atoms. The van der Waals surface area contributed by atoms with Gasteiger partial charge in [0.1, 0.15) is 17.2 Å². The first-order valence-corrected chi connectivity index (χ1v) is 7.32. The molecule has 1 aromatic carbocycles. The van der Waals surface area contributed by atoms with E-state index in [0.29, 0.717) is 0 Å². The second-order valence-electron chi connectivity index (χ2n) is 4.50. The van der Waals surface area contributed by atoms with Crippen molar-refractivity contribution in [3.05, 3.63) is 41.7 Å². The zero-order valence-electron chi connectivity index (χ0n) is 11.6. The van der Waals surface area contributed by atoms with Crippen LogP contribution in [0.25, 0.3) is 0 Å². The van der Waals surface area contributed by atoms with Gasteiger partial charge in [-0.05, 0) is 32.4 Å². The van der Waals surface area contributed by atoms with E-state index in [0.717, 1.165) is 29.4 Å². The molecule has 0 atom stereocenters. The van der Waals surface area contributed by atoms with E-state index in [1.165, 1.54) is 10.5 Å². The van der Waals surface area contributed by atoms with Crippen molar-refractivity contribution in [2.45, 2.75) is 37.1 Å². The van der Waals surface area contributed by atoms with Gasteiger partial charge in [0, 0.05) is 17.0 Å². The molecule has 0 spiro atoms. The van der Waals surface area contributed by atoms with E-state index in [1.54, 1.807) is 18.1 Å². The molecule has 2 aromatic rings. The number of benzene rings is 1. The third-order valence-corrected chi connectivity index (χ3v) is 3.88. The van der Waals surface area contributed by atoms with Crippen molar-refractivity contribution in [2.75, 3.05) is 11.9 Å². The molecule has 0 radical (unpaired) electrons. The molecule has 3 nitrogen and oxygen atoms in total. The average Bonchev–Trinajstić information content (AvgIpc) is 2.40. The predicted molar refractivity (Wildman–Crippen MR) is 80.9 cm³/mol. The number of aromatic nitrogens is 2. The standard InChI is InChI=1S/C15H19N3S/c1-4-8-16-14-12(3)15(18-10-17-14)19-13-7-5-6-11(2)9-13/h5-7,9-10H,4,8H2,1-3H3,(H,16,17,18). The fourth-order valence-electron chi connectivity index (χ4n) is 1.75. The number of anilines is 1. The van der Waals surface area contributed by atoms with Crippen LogP contribution in [0, 0.1) is 13.8 Å². The molecule has 100 valence electrons. The van der Waals surface area contributed by atoms with Crippen molar-refractivity contribution in [2.24, 2.45) is 0 Å². The van der Waals surface area contributed by atoms with Gasteiger partial charge in [0.15, 0.2) is 0 Å². The summed E-state index contributed by atoms with van der Waals surface area (Å²) < 4.78 is 0. The first-order chi connectivity index (χ1) is 9.20. The largest absolute Gasteiger partial charge is 0.370 e. The van der Waals surface area contributed by atoms with E-state index in [-0.39, 0.29) is 0 Å². The molecule has 2 rings (SSSR count). The van der Waals surface area contributed by atoms with Crippen LogP contribution >= 0.6 is 11.8 Å². The summed E-state index contributed by atoms with van der Waals surface area (Å²) in [6.45, 7) is 7.25. The monoisotopic (exact) mass is 273 g/mol. The molecule has 0 saturated carbocycles. The highest BCUT2D eigenvalue weighted by atomic mass is 32.2. The molecule has 1 aromatic heterocycles. The molecular weight excluding hydrogens is 254 g/mol. The number of nitrogens with one attached hydrogen (secondary N) is 1. The Morgan fingerprint density at radius 3 is 2.79 bits per heavy atom. The lowest BCUT2D eigenvalue weighted by atomic mass is 10.2. The third-order valence-electron chi connectivity index (χ3n) is 2.78. The van der Waals surface area contributed by atoms with Crippen LogP contribution in [0.15, 0.2) is 40.5 Å². The predicted octanol–water partition coefficient (Wildman–Crippen LogP) is 4.07. The van der Waals surface area contributed by atoms with Crippen LogP contribution in [0.1, 0.15) is 24.5 Å². The maximum absolute atomic E-state index is 4.38. The SMILES string of the molecule is CCCNc1ncnc(Sc2cccc(C)c2)c1C. The summed E-state index contributed by atoms with van der Waals surface area (Å²) in [5, 5.41) is 4.35. The summed E-state index contributed by atoms with van der Waals surface area (Å²) in [7, 11) is 0. The molecule has 0 amide bonds. The van der Waals surface area contributed by atoms with Gasteiger partial charge in [0.2, 0.25) is 0 Å². The van der Waals surface area contributed by atoms with Gasteiger partial charge in [-0.2, -0.15) is 0 Å². The van der Waals surface area contributed by atoms with Gasteiger partial charge in [-0.3, -0.25) is 0 Å². The number of hydrogen-bond acceptors (Lipinski definition) is 4. The van der Waals surface area contributed by atoms with E-state index in [4.69, 9.17) is 0 Å². The van der Waals surface area contributed by atoms with Gasteiger partial charge < -0.3 is 5.32 Å². The lowest BCUT2D eigenvalue weighted by molar-refractivity contribution is 0.938. The van der Waals surface area contributed by atoms with Crippen LogP contribution < -0.4 is 5.32 Å². The summed E-state index contributed by atoms with van der Waals surface area (Å²) in [5.74, 6) is 0.937. The summed E-state index contributed by atoms with van der Waals surface area (Å²) >= 11 is 1.68. The first kappa shape index (κ1) is 13.9. The summed E-state index contributed by atoms with van der Waals surface area (Å²) in [4.78, 5) is 9.90. The Kier molecular flexibility index (Phi) is 4.80. The second-order valence-corrected chi connectivity index (χ2v) is 5.56. The van der Waals surface area contributed by atoms with E-state index < -0.39 is 0 Å². The van der Waals surface area contributed by atoms with Crippen LogP contribution in [0.5, 0.6) is 0 Å². The molecule has 0 aliphatic heterocycles. The second kappa shape index (κ2) is 6.57. The molecule has 1 heterocycles. The Morgan fingerprint density at radius 1 is 1.21 bits per heavy atom. The maximum atomic E-state index is 4.38. The highest BCUT2D eigenvalue weighted by Crippen LogP contribution is 2.30. The summed E-state index contributed by atoms with van der Waals surface area (Å²) in [6.07, 6.45) is 2.72. The summed E-state index contributed by atoms with van der Waals surface area (Å²) in [5.41, 5.74) is 2.38. The minimum absolute atomic E-state index is 0.937. The Balaban J connectivity index is 2.20. The molecule has 4 heteroatoms. The van der Waals surface area contributed by atoms with Gasteiger partial charge in [-0.15, -0.1) is 0 Å². The summed E-state index contributed by atoms with van der Waals surface area (Å²) in [6, 6.07) is 8.46. The minimum atomic E-state index is 0.937. The highest BCUT2D eigenvalue weighted by Gasteiger charge is 2.08. The normalized spacial score (nSPS) is 10.5. The van der Waals surface area contributed by atoms with E-state index >= 15 is 0 Å². The number of nitrogens with zero attached hydrogens (tertiary/aromatic N) is 2. The third kappa shape index (κ3) is 3.70. The van der Waals surface area contributed by atoms with Crippen molar-refractivity contribution in [3.8, 4) is 0 Å². The first-order valence-electron chi connectivity index (χ1n) is 6.50. The van der Waals surface area contributed by atoms with Crippen LogP contribution in [-0.2, 0) is 0 Å². The van der Waals surface area contributed by atoms with Gasteiger partial charge in [-0.1, -0.05) is 36.4 Å². The highest BCUT2D eigenvalue weighted by molar-refractivity contribution is 7.99. The maximum Gasteiger partial charge on any atom is 0.133 e. The molecular formula is C15H19N3S. The van der Waals surface area contributed by atoms with E-state index in [1.807, 2.05) is 0 Å². The zero-order valence-corrected chi connectivity index (χ0v) is 12.4. The molecule has 0 aliphatic rings. The van der Waals surface area contributed by atoms with Gasteiger partial charge >= 0.3 is 0 Å². The van der Waals surface area contributed by atoms with Gasteiger partial charge in [0.05, 0.1) is 0 Å². The molecule has 0 unspecified atom stereocenters. The van der Waals surface area contributed by atoms with E-state index in [2.05, 4.69) is 60.3 Å². The molecule has 1 N–H and O–H groups in total. The van der Waals surface area contributed by atoms with Crippen molar-refractivity contribution in [1.82, 2.24) is 9.97 Å². The van der Waals surface area contributed by atoms with Crippen LogP contribution in [0.2, 0.25) is 0 Å². The molecule has 0 saturated heterocycles.